The number of hydrogen-bond donors (Lipinski definition) is 4. The Bertz CT molecular complexity index is 5030. The quantitative estimate of drug-likeness (QED) is 0.0638. The van der Waals surface area contributed by atoms with Crippen LogP contribution in [0.3, 0.4) is 0 Å². The summed E-state index contributed by atoms with van der Waals surface area (Å²) >= 11 is 0. The first-order chi connectivity index (χ1) is 50.2. The molecule has 8 aliphatic carbocycles. The van der Waals surface area contributed by atoms with Gasteiger partial charge in [-0.15, -0.1) is 152 Å². The molecule has 0 atom stereocenters. The van der Waals surface area contributed by atoms with E-state index >= 15 is 0 Å². The Morgan fingerprint density at radius 2 is 0.657 bits per heavy atom. The van der Waals surface area contributed by atoms with Gasteiger partial charge in [-0.05, 0) is 106 Å². The van der Waals surface area contributed by atoms with Crippen molar-refractivity contribution in [2.24, 2.45) is 0 Å². The van der Waals surface area contributed by atoms with E-state index in [1.165, 1.54) is 129 Å². The second kappa shape index (κ2) is 46.4. The Morgan fingerprint density at radius 3 is 1.07 bits per heavy atom. The molecular formula is C92H78Ir4N4O8-4. The van der Waals surface area contributed by atoms with Gasteiger partial charge in [0.25, 0.3) is 0 Å². The van der Waals surface area contributed by atoms with Gasteiger partial charge in [-0.3, -0.25) is 34.1 Å². The van der Waals surface area contributed by atoms with Crippen molar-refractivity contribution in [3.63, 3.8) is 0 Å². The number of aliphatic hydroxyl groups excluding tert-OH is 4. The third kappa shape index (κ3) is 28.9. The van der Waals surface area contributed by atoms with Crippen LogP contribution in [0.15, 0.2) is 327 Å². The van der Waals surface area contributed by atoms with Gasteiger partial charge in [-0.1, -0.05) is 188 Å². The predicted molar refractivity (Wildman–Crippen MR) is 421 cm³/mol. The van der Waals surface area contributed by atoms with E-state index in [0.717, 1.165) is 72.4 Å². The molecule has 0 saturated carbocycles. The van der Waals surface area contributed by atoms with E-state index in [2.05, 4.69) is 179 Å². The minimum Gasteiger partial charge on any atom is -0.512 e. The Kier molecular flexibility index (Phi) is 38.5. The molecule has 0 unspecified atom stereocenters. The van der Waals surface area contributed by atoms with Crippen molar-refractivity contribution in [2.45, 2.75) is 55.4 Å². The van der Waals surface area contributed by atoms with E-state index in [0.29, 0.717) is 0 Å². The predicted octanol–water partition coefficient (Wildman–Crippen LogP) is 22.2. The molecule has 0 spiro atoms. The minimum atomic E-state index is -0.125. The first-order valence-electron chi connectivity index (χ1n) is 33.3. The number of para-hydroxylation sites is 1. The number of carbonyl (C=O) groups excluding carboxylic acids is 4. The van der Waals surface area contributed by atoms with Gasteiger partial charge in [-0.25, -0.2) is 0 Å². The third-order valence-electron chi connectivity index (χ3n) is 14.9. The maximum atomic E-state index is 10.0. The van der Waals surface area contributed by atoms with Crippen molar-refractivity contribution in [2.75, 3.05) is 0 Å². The molecule has 0 aliphatic heterocycles. The molecule has 108 heavy (non-hydrogen) atoms. The van der Waals surface area contributed by atoms with Crippen LogP contribution in [-0.2, 0) is 99.6 Å². The van der Waals surface area contributed by atoms with Gasteiger partial charge >= 0.3 is 0 Å². The molecule has 4 radical (unpaired) electrons. The van der Waals surface area contributed by atoms with Crippen LogP contribution < -0.4 is 0 Å². The molecule has 4 aromatic heterocycles. The van der Waals surface area contributed by atoms with Gasteiger partial charge in [0, 0.05) is 135 Å². The van der Waals surface area contributed by atoms with Crippen molar-refractivity contribution in [1.29, 1.82) is 0 Å². The maximum Gasteiger partial charge on any atom is 0.155 e. The summed E-state index contributed by atoms with van der Waals surface area (Å²) in [5.41, 5.74) is 18.6. The molecule has 4 N–H and O–H groups in total. The monoisotopic (exact) mass is 2140 g/mol. The van der Waals surface area contributed by atoms with Crippen molar-refractivity contribution in [3.05, 3.63) is 351 Å². The molecular weight excluding hydrogens is 2060 g/mol. The smallest absolute Gasteiger partial charge is 0.155 e. The van der Waals surface area contributed by atoms with Crippen molar-refractivity contribution in [1.82, 2.24) is 19.9 Å². The summed E-state index contributed by atoms with van der Waals surface area (Å²) in [5, 5.41) is 39.4. The van der Waals surface area contributed by atoms with E-state index in [-0.39, 0.29) is 127 Å². The zero-order chi connectivity index (χ0) is 74.3. The molecule has 8 aliphatic rings. The van der Waals surface area contributed by atoms with Gasteiger partial charge in [0.2, 0.25) is 0 Å². The molecule has 554 valence electrons. The van der Waals surface area contributed by atoms with Gasteiger partial charge in [-0.2, -0.15) is 0 Å². The molecule has 16 heteroatoms. The maximum absolute atomic E-state index is 10.0. The first kappa shape index (κ1) is 89.7. The average molecular weight is 2140 g/mol. The van der Waals surface area contributed by atoms with Gasteiger partial charge < -0.3 is 25.4 Å². The van der Waals surface area contributed by atoms with Crippen LogP contribution in [0, 0.1) is 24.3 Å². The van der Waals surface area contributed by atoms with Crippen LogP contribution in [0.1, 0.15) is 55.4 Å². The van der Waals surface area contributed by atoms with Crippen molar-refractivity contribution < 1.29 is 120 Å². The van der Waals surface area contributed by atoms with Crippen LogP contribution in [0.4, 0.5) is 0 Å². The van der Waals surface area contributed by atoms with Crippen LogP contribution >= 0.6 is 0 Å². The van der Waals surface area contributed by atoms with Crippen LogP contribution in [-0.4, -0.2) is 63.5 Å². The summed E-state index contributed by atoms with van der Waals surface area (Å²) < 4.78 is 0. The normalized spacial score (nSPS) is 10.6. The SMILES string of the molecule is CC(=O)C=C(C)O.CC(=O)C=C(C)O.CC(=O)C=C(C)O.CC(=O)C=C(C)O.[Ir].[Ir].[Ir].[Ir].[c-]1c2cccccc-2cc1-c1cc2ccccc2cn1.[c-]1c2cccccc-2cc1-c1ccccn1.[c-]1cc2cccccc-2c1-c1cc2ccccc2cn1.[c-]1cc2cccccc-2c1-c1ccc2ccccc2n1. The van der Waals surface area contributed by atoms with E-state index in [4.69, 9.17) is 25.4 Å². The number of nitrogens with zero attached hydrogens (tertiary/aromatic N) is 4. The summed E-state index contributed by atoms with van der Waals surface area (Å²) in [6, 6.07) is 102. The fourth-order valence-corrected chi connectivity index (χ4v) is 10.6. The Balaban J connectivity index is 0.000000270. The van der Waals surface area contributed by atoms with E-state index in [1.807, 2.05) is 134 Å². The Labute approximate surface area is 685 Å². The van der Waals surface area contributed by atoms with Crippen LogP contribution in [0.5, 0.6) is 0 Å². The molecule has 7 aromatic rings. The fourth-order valence-electron chi connectivity index (χ4n) is 10.6. The zero-order valence-electron chi connectivity index (χ0n) is 60.4. The second-order valence-corrected chi connectivity index (χ2v) is 23.8. The summed E-state index contributed by atoms with van der Waals surface area (Å²) in [4.78, 5) is 58.3. The summed E-state index contributed by atoms with van der Waals surface area (Å²) in [7, 11) is 0. The molecule has 0 fully saturated rings. The molecule has 3 aromatic carbocycles. The Hall–Kier alpha value is -10.7. The number of aromatic nitrogens is 4. The molecule has 12 nitrogen and oxygen atoms in total. The average Bonchev–Trinajstić information content (AvgIpc) is 1.61. The molecule has 0 bridgehead atoms. The molecule has 0 saturated heterocycles. The van der Waals surface area contributed by atoms with E-state index in [1.54, 1.807) is 6.20 Å². The zero-order valence-corrected chi connectivity index (χ0v) is 70.0. The number of hydrogen-bond acceptors (Lipinski definition) is 12. The minimum absolute atomic E-state index is 0. The van der Waals surface area contributed by atoms with E-state index < -0.39 is 0 Å². The van der Waals surface area contributed by atoms with Gasteiger partial charge in [0.15, 0.2) is 23.1 Å². The van der Waals surface area contributed by atoms with Crippen molar-refractivity contribution in [3.8, 4) is 89.5 Å². The number of carbonyl (C=O) groups is 4. The second-order valence-electron chi connectivity index (χ2n) is 23.8. The van der Waals surface area contributed by atoms with Gasteiger partial charge in [0.05, 0.1) is 28.6 Å². The van der Waals surface area contributed by atoms with Gasteiger partial charge in [0.1, 0.15) is 0 Å². The number of benzene rings is 3. The number of ketones is 4. The summed E-state index contributed by atoms with van der Waals surface area (Å²) in [6.45, 7) is 11.4. The summed E-state index contributed by atoms with van der Waals surface area (Å²) in [5.74, 6) is -0.250. The molecule has 0 amide bonds. The standard InChI is InChI=1S/3C19H12N.C15H10N.4C5H8O2.4Ir/c1-2-6-14-10-11-18(17(14)9-3-1)19-12-15-7-4-5-8-16(15)13-20-19;1-2-6-14-10-12-17(16(14)8-3-1)19-13-11-15-7-4-5-9-18(15)20-19;1-2-6-14-10-18(11-15(14)7-3-1)19-12-16-8-4-5-9-17(16)13-20-19;1-2-6-12-10-14(11-13(12)7-3-1)15-8-4-5-9-16-15;4*1-4(6)3-5(2)7;;;;/h1-10,12-13H;1-11,13H;1-10,12-13H;1-10H;4*3,6H,1-2H3;;;;/q4*-1;;;;;;;;. The largest absolute Gasteiger partial charge is 0.512 e. The molecule has 4 heterocycles. The topological polar surface area (TPSA) is 201 Å². The summed E-state index contributed by atoms with van der Waals surface area (Å²) in [6.07, 6.45) is 10.3. The van der Waals surface area contributed by atoms with Crippen LogP contribution in [0.25, 0.3) is 122 Å². The number of fused-ring (bicyclic) bond motifs is 7. The first-order valence-corrected chi connectivity index (χ1v) is 33.3. The number of rotatable bonds is 8. The number of allylic oxidation sites excluding steroid dienone is 8. The number of aliphatic hydroxyl groups is 4. The Morgan fingerprint density at radius 1 is 0.306 bits per heavy atom. The molecule has 15 rings (SSSR count). The fraction of sp³-hybridized carbons (Fsp3) is 0.0870. The third-order valence-corrected chi connectivity index (χ3v) is 14.9. The number of pyridine rings is 4. The van der Waals surface area contributed by atoms with Crippen molar-refractivity contribution >= 4 is 55.6 Å². The van der Waals surface area contributed by atoms with Crippen LogP contribution in [0.2, 0.25) is 0 Å². The van der Waals surface area contributed by atoms with E-state index in [9.17, 15) is 19.2 Å².